The van der Waals surface area contributed by atoms with Crippen LogP contribution in [0.4, 0.5) is 8.78 Å². The molecule has 0 radical (unpaired) electrons. The van der Waals surface area contributed by atoms with Gasteiger partial charge in [0.25, 0.3) is 0 Å². The van der Waals surface area contributed by atoms with E-state index in [4.69, 9.17) is 12.2 Å². The van der Waals surface area contributed by atoms with E-state index < -0.39 is 5.92 Å². The summed E-state index contributed by atoms with van der Waals surface area (Å²) < 4.78 is 27.7. The second-order valence-corrected chi connectivity index (χ2v) is 3.71. The number of nitrogens with zero attached hydrogens (tertiary/aromatic N) is 2. The van der Waals surface area contributed by atoms with Crippen molar-refractivity contribution in [3.63, 3.8) is 0 Å². The largest absolute Gasteiger partial charge is 0.303 e. The molecule has 72 valence electrons. The number of aromatic nitrogens is 3. The quantitative estimate of drug-likeness (QED) is 0.714. The summed E-state index contributed by atoms with van der Waals surface area (Å²) in [4.78, 5) is 0. The summed E-state index contributed by atoms with van der Waals surface area (Å²) in [7, 11) is 0. The zero-order valence-corrected chi connectivity index (χ0v) is 7.65. The Morgan fingerprint density at radius 2 is 2.46 bits per heavy atom. The molecule has 1 aromatic heterocycles. The fraction of sp³-hybridized carbons (Fsp3) is 0.714. The van der Waals surface area contributed by atoms with Crippen LogP contribution >= 0.6 is 12.2 Å². The zero-order valence-electron chi connectivity index (χ0n) is 6.83. The number of alkyl halides is 2. The highest BCUT2D eigenvalue weighted by molar-refractivity contribution is 7.71. The molecule has 1 fully saturated rings. The number of hydrogen-bond donors (Lipinski definition) is 1. The monoisotopic (exact) mass is 205 g/mol. The Balaban J connectivity index is 2.22. The Morgan fingerprint density at radius 1 is 1.69 bits per heavy atom. The van der Waals surface area contributed by atoms with Crippen LogP contribution in [0, 0.1) is 4.77 Å². The van der Waals surface area contributed by atoms with Gasteiger partial charge in [-0.15, -0.1) is 0 Å². The molecule has 0 saturated heterocycles. The Labute approximate surface area is 78.8 Å². The van der Waals surface area contributed by atoms with Gasteiger partial charge in [0.05, 0.1) is 0 Å². The molecular weight excluding hydrogens is 196 g/mol. The molecule has 1 unspecified atom stereocenters. The predicted molar refractivity (Wildman–Crippen MR) is 45.2 cm³/mol. The maximum atomic E-state index is 12.8. The average Bonchev–Trinajstić information content (AvgIpc) is 2.56. The molecule has 13 heavy (non-hydrogen) atoms. The van der Waals surface area contributed by atoms with E-state index in [2.05, 4.69) is 10.2 Å². The number of aromatic amines is 1. The van der Waals surface area contributed by atoms with Crippen LogP contribution in [0.1, 0.15) is 25.3 Å². The Bertz CT molecular complexity index is 357. The molecule has 1 aliphatic rings. The van der Waals surface area contributed by atoms with Crippen molar-refractivity contribution in [2.75, 3.05) is 0 Å². The SMILES string of the molecule is FC1(F)CCC(n2cn[nH]c2=S)C1. The minimum absolute atomic E-state index is 0.0510. The van der Waals surface area contributed by atoms with Gasteiger partial charge in [-0.25, -0.2) is 8.78 Å². The van der Waals surface area contributed by atoms with Gasteiger partial charge >= 0.3 is 0 Å². The summed E-state index contributed by atoms with van der Waals surface area (Å²) >= 11 is 4.90. The standard InChI is InChI=1S/C7H9F2N3S/c8-7(9)2-1-5(3-7)12-4-10-11-6(12)13/h4-5H,1-3H2,(H,11,13). The Morgan fingerprint density at radius 3 is 2.92 bits per heavy atom. The third-order valence-corrected chi connectivity index (χ3v) is 2.65. The number of rotatable bonds is 1. The third kappa shape index (κ3) is 1.63. The molecule has 1 aromatic rings. The molecule has 1 atom stereocenters. The molecule has 1 heterocycles. The topological polar surface area (TPSA) is 33.6 Å². The van der Waals surface area contributed by atoms with E-state index in [-0.39, 0.29) is 18.9 Å². The van der Waals surface area contributed by atoms with Gasteiger partial charge in [0.1, 0.15) is 6.33 Å². The van der Waals surface area contributed by atoms with E-state index in [9.17, 15) is 8.78 Å². The lowest BCUT2D eigenvalue weighted by Crippen LogP contribution is -2.11. The second kappa shape index (κ2) is 2.87. The van der Waals surface area contributed by atoms with Crippen LogP contribution in [0.25, 0.3) is 0 Å². The number of H-pyrrole nitrogens is 1. The van der Waals surface area contributed by atoms with Crippen molar-refractivity contribution in [2.45, 2.75) is 31.2 Å². The predicted octanol–water partition coefficient (Wildman–Crippen LogP) is 2.30. The number of nitrogens with one attached hydrogen (secondary N) is 1. The second-order valence-electron chi connectivity index (χ2n) is 3.32. The van der Waals surface area contributed by atoms with Crippen molar-refractivity contribution in [3.8, 4) is 0 Å². The van der Waals surface area contributed by atoms with Crippen LogP contribution in [-0.4, -0.2) is 20.7 Å². The number of halogens is 2. The van der Waals surface area contributed by atoms with Crippen LogP contribution in [0.15, 0.2) is 6.33 Å². The summed E-state index contributed by atoms with van der Waals surface area (Å²) in [5.74, 6) is -2.53. The van der Waals surface area contributed by atoms with Crippen molar-refractivity contribution >= 4 is 12.2 Å². The number of hydrogen-bond acceptors (Lipinski definition) is 2. The highest BCUT2D eigenvalue weighted by atomic mass is 32.1. The van der Waals surface area contributed by atoms with E-state index in [0.29, 0.717) is 11.2 Å². The molecule has 0 amide bonds. The average molecular weight is 205 g/mol. The molecule has 0 aromatic carbocycles. The molecule has 1 aliphatic carbocycles. The smallest absolute Gasteiger partial charge is 0.250 e. The van der Waals surface area contributed by atoms with Crippen molar-refractivity contribution in [2.24, 2.45) is 0 Å². The minimum Gasteiger partial charge on any atom is -0.303 e. The summed E-state index contributed by atoms with van der Waals surface area (Å²) in [6.07, 6.45) is 1.78. The maximum absolute atomic E-state index is 12.8. The van der Waals surface area contributed by atoms with Crippen molar-refractivity contribution in [3.05, 3.63) is 11.1 Å². The molecule has 1 saturated carbocycles. The van der Waals surface area contributed by atoms with Gasteiger partial charge < -0.3 is 4.57 Å². The maximum Gasteiger partial charge on any atom is 0.250 e. The molecule has 3 nitrogen and oxygen atoms in total. The van der Waals surface area contributed by atoms with Crippen molar-refractivity contribution < 1.29 is 8.78 Å². The van der Waals surface area contributed by atoms with Crippen LogP contribution in [0.2, 0.25) is 0 Å². The van der Waals surface area contributed by atoms with Crippen LogP contribution in [0.3, 0.4) is 0 Å². The lowest BCUT2D eigenvalue weighted by atomic mass is 10.2. The molecule has 2 rings (SSSR count). The third-order valence-electron chi connectivity index (χ3n) is 2.35. The molecule has 0 bridgehead atoms. The molecular formula is C7H9F2N3S. The van der Waals surface area contributed by atoms with Crippen LogP contribution in [-0.2, 0) is 0 Å². The van der Waals surface area contributed by atoms with E-state index in [0.717, 1.165) is 0 Å². The summed E-state index contributed by atoms with van der Waals surface area (Å²) in [6, 6.07) is -0.193. The van der Waals surface area contributed by atoms with Gasteiger partial charge in [0.15, 0.2) is 4.77 Å². The van der Waals surface area contributed by atoms with Crippen LogP contribution in [0.5, 0.6) is 0 Å². The first-order valence-electron chi connectivity index (χ1n) is 4.08. The van der Waals surface area contributed by atoms with E-state index in [1.54, 1.807) is 4.57 Å². The lowest BCUT2D eigenvalue weighted by Gasteiger charge is -2.10. The minimum atomic E-state index is -2.53. The highest BCUT2D eigenvalue weighted by Gasteiger charge is 2.40. The van der Waals surface area contributed by atoms with Gasteiger partial charge in [-0.05, 0) is 18.6 Å². The van der Waals surface area contributed by atoms with Gasteiger partial charge in [0.2, 0.25) is 5.92 Å². The fourth-order valence-corrected chi connectivity index (χ4v) is 1.93. The first kappa shape index (κ1) is 8.80. The summed E-state index contributed by atoms with van der Waals surface area (Å²) in [6.45, 7) is 0. The molecule has 0 aliphatic heterocycles. The molecule has 1 N–H and O–H groups in total. The normalized spacial score (nSPS) is 26.5. The zero-order chi connectivity index (χ0) is 9.47. The van der Waals surface area contributed by atoms with E-state index in [1.807, 2.05) is 0 Å². The van der Waals surface area contributed by atoms with E-state index in [1.165, 1.54) is 6.33 Å². The summed E-state index contributed by atoms with van der Waals surface area (Å²) in [5.41, 5.74) is 0. The van der Waals surface area contributed by atoms with Gasteiger partial charge in [-0.2, -0.15) is 5.10 Å². The van der Waals surface area contributed by atoms with Crippen LogP contribution < -0.4 is 0 Å². The van der Waals surface area contributed by atoms with Crippen molar-refractivity contribution in [1.29, 1.82) is 0 Å². The van der Waals surface area contributed by atoms with Gasteiger partial charge in [-0.1, -0.05) is 0 Å². The fourth-order valence-electron chi connectivity index (χ4n) is 1.68. The highest BCUT2D eigenvalue weighted by Crippen LogP contribution is 2.41. The van der Waals surface area contributed by atoms with Gasteiger partial charge in [0, 0.05) is 18.9 Å². The molecule has 6 heteroatoms. The first-order chi connectivity index (χ1) is 6.08. The Kier molecular flexibility index (Phi) is 1.94. The van der Waals surface area contributed by atoms with Crippen molar-refractivity contribution in [1.82, 2.24) is 14.8 Å². The Hall–Kier alpha value is -0.780. The molecule has 0 spiro atoms. The first-order valence-corrected chi connectivity index (χ1v) is 4.49. The van der Waals surface area contributed by atoms with Gasteiger partial charge in [-0.3, -0.25) is 5.10 Å². The summed E-state index contributed by atoms with van der Waals surface area (Å²) in [5, 5.41) is 6.26. The van der Waals surface area contributed by atoms with E-state index >= 15 is 0 Å². The lowest BCUT2D eigenvalue weighted by molar-refractivity contribution is 0.00558.